The first-order chi connectivity index (χ1) is 7.50. The molecule has 0 aliphatic rings. The highest BCUT2D eigenvalue weighted by molar-refractivity contribution is 5.13. The van der Waals surface area contributed by atoms with Gasteiger partial charge in [0, 0.05) is 30.7 Å². The largest absolute Gasteiger partial charge is 0.271 e. The lowest BCUT2D eigenvalue weighted by Gasteiger charge is -2.06. The van der Waals surface area contributed by atoms with Gasteiger partial charge in [-0.05, 0) is 31.2 Å². The van der Waals surface area contributed by atoms with Gasteiger partial charge in [-0.1, -0.05) is 13.8 Å². The number of aromatic nitrogens is 1. The van der Waals surface area contributed by atoms with E-state index in [9.17, 15) is 0 Å². The van der Waals surface area contributed by atoms with E-state index in [4.69, 9.17) is 4.84 Å². The average Bonchev–Trinajstić information content (AvgIpc) is 2.14. The van der Waals surface area contributed by atoms with Crippen molar-refractivity contribution in [3.63, 3.8) is 0 Å². The third kappa shape index (κ3) is 3.84. The van der Waals surface area contributed by atoms with Crippen LogP contribution in [0.15, 0.2) is 12.1 Å². The van der Waals surface area contributed by atoms with Crippen molar-refractivity contribution in [1.29, 1.82) is 0 Å². The number of hydrogen-bond donors (Lipinski definition) is 0. The van der Waals surface area contributed by atoms with Gasteiger partial charge in [-0.3, -0.25) is 4.84 Å². The Hall–Kier alpha value is -1.05. The molecule has 0 aliphatic heterocycles. The summed E-state index contributed by atoms with van der Waals surface area (Å²) < 4.78 is 1.94. The molecule has 0 unspecified atom stereocenters. The highest BCUT2D eigenvalue weighted by Gasteiger charge is 2.13. The maximum absolute atomic E-state index is 5.79. The van der Waals surface area contributed by atoms with Gasteiger partial charge in [-0.15, -0.1) is 0 Å². The van der Waals surface area contributed by atoms with Crippen LogP contribution in [0.4, 0.5) is 0 Å². The zero-order valence-electron chi connectivity index (χ0n) is 11.2. The van der Waals surface area contributed by atoms with Crippen LogP contribution in [-0.2, 0) is 0 Å². The summed E-state index contributed by atoms with van der Waals surface area (Å²) in [7, 11) is 0. The molecule has 90 valence electrons. The SMILES string of the molecule is Cc1cc(C)[n+](OCCCC(C)C)c(C)c1. The summed E-state index contributed by atoms with van der Waals surface area (Å²) in [5, 5.41) is 0. The van der Waals surface area contributed by atoms with E-state index >= 15 is 0 Å². The van der Waals surface area contributed by atoms with Crippen LogP contribution in [0.25, 0.3) is 0 Å². The Balaban J connectivity index is 2.54. The van der Waals surface area contributed by atoms with E-state index in [-0.39, 0.29) is 0 Å². The lowest BCUT2D eigenvalue weighted by molar-refractivity contribution is -0.899. The number of rotatable bonds is 5. The second-order valence-corrected chi connectivity index (χ2v) is 4.98. The molecular formula is C14H24NO+. The molecule has 0 amide bonds. The first-order valence-electron chi connectivity index (χ1n) is 6.14. The fourth-order valence-electron chi connectivity index (χ4n) is 1.95. The van der Waals surface area contributed by atoms with Crippen molar-refractivity contribution in [3.05, 3.63) is 29.1 Å². The van der Waals surface area contributed by atoms with E-state index in [0.29, 0.717) is 0 Å². The molecule has 16 heavy (non-hydrogen) atoms. The Morgan fingerprint density at radius 1 is 1.12 bits per heavy atom. The van der Waals surface area contributed by atoms with Gasteiger partial charge >= 0.3 is 0 Å². The van der Waals surface area contributed by atoms with E-state index in [1.54, 1.807) is 0 Å². The maximum Gasteiger partial charge on any atom is 0.231 e. The summed E-state index contributed by atoms with van der Waals surface area (Å²) in [6.45, 7) is 11.6. The fourth-order valence-corrected chi connectivity index (χ4v) is 1.95. The first kappa shape index (κ1) is 13.0. The Morgan fingerprint density at radius 3 is 2.19 bits per heavy atom. The molecule has 1 aromatic heterocycles. The van der Waals surface area contributed by atoms with Gasteiger partial charge in [0.25, 0.3) is 0 Å². The van der Waals surface area contributed by atoms with Gasteiger partial charge in [0.1, 0.15) is 0 Å². The molecule has 1 aromatic rings. The van der Waals surface area contributed by atoms with E-state index in [1.807, 2.05) is 4.73 Å². The minimum absolute atomic E-state index is 0.758. The zero-order valence-corrected chi connectivity index (χ0v) is 11.2. The Kier molecular flexibility index (Phi) is 4.78. The summed E-state index contributed by atoms with van der Waals surface area (Å²) in [5.41, 5.74) is 3.63. The molecule has 0 bridgehead atoms. The van der Waals surface area contributed by atoms with Crippen molar-refractivity contribution in [2.75, 3.05) is 6.61 Å². The van der Waals surface area contributed by atoms with E-state index in [0.717, 1.165) is 18.9 Å². The molecule has 1 heterocycles. The van der Waals surface area contributed by atoms with Crippen LogP contribution in [0.2, 0.25) is 0 Å². The Labute approximate surface area is 99.2 Å². The Morgan fingerprint density at radius 2 is 1.69 bits per heavy atom. The summed E-state index contributed by atoms with van der Waals surface area (Å²) in [6, 6.07) is 4.30. The highest BCUT2D eigenvalue weighted by Crippen LogP contribution is 2.03. The van der Waals surface area contributed by atoms with Crippen molar-refractivity contribution in [1.82, 2.24) is 0 Å². The van der Waals surface area contributed by atoms with Gasteiger partial charge < -0.3 is 0 Å². The number of pyridine rings is 1. The third-order valence-corrected chi connectivity index (χ3v) is 2.66. The number of hydrogen-bond acceptors (Lipinski definition) is 1. The van der Waals surface area contributed by atoms with Crippen molar-refractivity contribution in [2.45, 2.75) is 47.5 Å². The molecule has 0 saturated carbocycles. The van der Waals surface area contributed by atoms with Crippen molar-refractivity contribution < 1.29 is 9.57 Å². The van der Waals surface area contributed by atoms with Gasteiger partial charge in [0.2, 0.25) is 11.4 Å². The summed E-state index contributed by atoms with van der Waals surface area (Å²) in [4.78, 5) is 5.79. The van der Waals surface area contributed by atoms with Gasteiger partial charge in [-0.25, -0.2) is 0 Å². The molecule has 0 aliphatic carbocycles. The monoisotopic (exact) mass is 222 g/mol. The van der Waals surface area contributed by atoms with Crippen LogP contribution < -0.4 is 9.57 Å². The van der Waals surface area contributed by atoms with Crippen molar-refractivity contribution in [2.24, 2.45) is 5.92 Å². The predicted octanol–water partition coefficient (Wildman–Crippen LogP) is 2.76. The molecule has 2 nitrogen and oxygen atoms in total. The van der Waals surface area contributed by atoms with E-state index < -0.39 is 0 Å². The standard InChI is InChI=1S/C14H24NO/c1-11(2)7-6-8-16-15-13(4)9-12(3)10-14(15)5/h9-11H,6-8H2,1-5H3/q+1. The van der Waals surface area contributed by atoms with Crippen molar-refractivity contribution in [3.8, 4) is 0 Å². The minimum Gasteiger partial charge on any atom is -0.271 e. The molecule has 0 spiro atoms. The smallest absolute Gasteiger partial charge is 0.231 e. The van der Waals surface area contributed by atoms with Gasteiger partial charge in [-0.2, -0.15) is 0 Å². The normalized spacial score (nSPS) is 10.9. The van der Waals surface area contributed by atoms with E-state index in [2.05, 4.69) is 46.8 Å². The maximum atomic E-state index is 5.79. The molecule has 2 heteroatoms. The fraction of sp³-hybridized carbons (Fsp3) is 0.643. The van der Waals surface area contributed by atoms with Gasteiger partial charge in [0.05, 0.1) is 0 Å². The summed E-state index contributed by atoms with van der Waals surface area (Å²) >= 11 is 0. The van der Waals surface area contributed by atoms with Gasteiger partial charge in [0.15, 0.2) is 6.61 Å². The molecule has 1 rings (SSSR count). The first-order valence-corrected chi connectivity index (χ1v) is 6.14. The summed E-state index contributed by atoms with van der Waals surface area (Å²) in [5.74, 6) is 0.758. The van der Waals surface area contributed by atoms with Crippen LogP contribution in [0.5, 0.6) is 0 Å². The molecule has 0 saturated heterocycles. The molecule has 0 N–H and O–H groups in total. The minimum atomic E-state index is 0.758. The molecule has 0 aromatic carbocycles. The molecule has 0 atom stereocenters. The lowest BCUT2D eigenvalue weighted by atomic mass is 10.1. The van der Waals surface area contributed by atoms with E-state index in [1.165, 1.54) is 23.4 Å². The number of nitrogens with zero attached hydrogens (tertiary/aromatic N) is 1. The lowest BCUT2D eigenvalue weighted by Crippen LogP contribution is -2.48. The number of aryl methyl sites for hydroxylation is 3. The Bertz CT molecular complexity index is 322. The predicted molar refractivity (Wildman–Crippen MR) is 66.4 cm³/mol. The second kappa shape index (κ2) is 5.88. The third-order valence-electron chi connectivity index (χ3n) is 2.66. The van der Waals surface area contributed by atoms with Crippen LogP contribution in [-0.4, -0.2) is 6.61 Å². The van der Waals surface area contributed by atoms with Crippen LogP contribution >= 0.6 is 0 Å². The second-order valence-electron chi connectivity index (χ2n) is 4.98. The molecule has 0 radical (unpaired) electrons. The van der Waals surface area contributed by atoms with Crippen molar-refractivity contribution >= 4 is 0 Å². The topological polar surface area (TPSA) is 13.1 Å². The van der Waals surface area contributed by atoms with Crippen LogP contribution in [0.3, 0.4) is 0 Å². The molecular weight excluding hydrogens is 198 g/mol. The molecule has 0 fully saturated rings. The summed E-state index contributed by atoms with van der Waals surface area (Å²) in [6.07, 6.45) is 2.35. The quantitative estimate of drug-likeness (QED) is 0.551. The highest BCUT2D eigenvalue weighted by atomic mass is 16.7. The van der Waals surface area contributed by atoms with Crippen LogP contribution in [0, 0.1) is 26.7 Å². The van der Waals surface area contributed by atoms with Crippen LogP contribution in [0.1, 0.15) is 43.6 Å². The average molecular weight is 222 g/mol. The zero-order chi connectivity index (χ0) is 12.1.